The molecular formula is C17H23N3O. The van der Waals surface area contributed by atoms with Crippen molar-refractivity contribution in [2.24, 2.45) is 5.92 Å². The third-order valence-corrected chi connectivity index (χ3v) is 4.50. The highest BCUT2D eigenvalue weighted by Crippen LogP contribution is 2.21. The van der Waals surface area contributed by atoms with Gasteiger partial charge >= 0.3 is 0 Å². The average Bonchev–Trinajstić information content (AvgIpc) is 2.93. The summed E-state index contributed by atoms with van der Waals surface area (Å²) in [5.41, 5.74) is 2.51. The lowest BCUT2D eigenvalue weighted by atomic mass is 10.1. The van der Waals surface area contributed by atoms with Crippen LogP contribution in [0.2, 0.25) is 0 Å². The summed E-state index contributed by atoms with van der Waals surface area (Å²) in [6.07, 6.45) is 1.17. The molecule has 21 heavy (non-hydrogen) atoms. The van der Waals surface area contributed by atoms with Crippen LogP contribution in [0, 0.1) is 12.8 Å². The van der Waals surface area contributed by atoms with Crippen LogP contribution in [0.15, 0.2) is 29.1 Å². The third-order valence-electron chi connectivity index (χ3n) is 4.50. The van der Waals surface area contributed by atoms with Gasteiger partial charge in [0.05, 0.1) is 11.0 Å². The normalized spacial score (nSPS) is 19.7. The summed E-state index contributed by atoms with van der Waals surface area (Å²) < 4.78 is 1.92. The molecule has 1 fully saturated rings. The molecule has 0 saturated carbocycles. The monoisotopic (exact) mass is 285 g/mol. The zero-order valence-corrected chi connectivity index (χ0v) is 13.0. The molecule has 4 nitrogen and oxygen atoms in total. The van der Waals surface area contributed by atoms with E-state index in [4.69, 9.17) is 0 Å². The summed E-state index contributed by atoms with van der Waals surface area (Å²) in [6.45, 7) is 9.30. The minimum atomic E-state index is 0.0525. The lowest BCUT2D eigenvalue weighted by Gasteiger charge is -2.21. The fourth-order valence-corrected chi connectivity index (χ4v) is 3.24. The van der Waals surface area contributed by atoms with E-state index in [1.807, 2.05) is 28.8 Å². The minimum absolute atomic E-state index is 0.0525. The zero-order valence-electron chi connectivity index (χ0n) is 13.0. The lowest BCUT2D eigenvalue weighted by molar-refractivity contribution is 0.260. The highest BCUT2D eigenvalue weighted by atomic mass is 16.1. The van der Waals surface area contributed by atoms with E-state index in [0.29, 0.717) is 17.7 Å². The fourth-order valence-electron chi connectivity index (χ4n) is 3.24. The molecule has 3 rings (SSSR count). The topological polar surface area (TPSA) is 38.1 Å². The number of benzene rings is 1. The highest BCUT2D eigenvalue weighted by Gasteiger charge is 2.25. The first kappa shape index (κ1) is 14.3. The molecule has 0 spiro atoms. The van der Waals surface area contributed by atoms with E-state index < -0.39 is 0 Å². The number of nitrogens with zero attached hydrogens (tertiary/aromatic N) is 3. The first-order valence-corrected chi connectivity index (χ1v) is 7.76. The number of hydrogen-bond donors (Lipinski definition) is 0. The van der Waals surface area contributed by atoms with Crippen LogP contribution in [0.1, 0.15) is 26.0 Å². The van der Waals surface area contributed by atoms with Crippen LogP contribution in [0.3, 0.4) is 0 Å². The number of hydrogen-bond acceptors (Lipinski definition) is 3. The van der Waals surface area contributed by atoms with Crippen molar-refractivity contribution in [2.75, 3.05) is 13.1 Å². The van der Waals surface area contributed by atoms with Gasteiger partial charge < -0.3 is 9.47 Å². The van der Waals surface area contributed by atoms with Crippen LogP contribution in [-0.4, -0.2) is 33.6 Å². The van der Waals surface area contributed by atoms with E-state index in [1.54, 1.807) is 6.92 Å². The first-order valence-electron chi connectivity index (χ1n) is 7.76. The minimum Gasteiger partial charge on any atom is -0.305 e. The van der Waals surface area contributed by atoms with Crippen LogP contribution in [0.5, 0.6) is 0 Å². The van der Waals surface area contributed by atoms with Gasteiger partial charge in [-0.15, -0.1) is 0 Å². The molecule has 1 aromatic carbocycles. The van der Waals surface area contributed by atoms with Crippen LogP contribution in [0.4, 0.5) is 0 Å². The van der Waals surface area contributed by atoms with E-state index in [2.05, 4.69) is 23.7 Å². The van der Waals surface area contributed by atoms with Gasteiger partial charge in [0, 0.05) is 19.1 Å². The molecule has 1 unspecified atom stereocenters. The molecule has 112 valence electrons. The molecule has 1 aromatic heterocycles. The van der Waals surface area contributed by atoms with Gasteiger partial charge in [0.1, 0.15) is 5.69 Å². The van der Waals surface area contributed by atoms with Crippen molar-refractivity contribution in [1.82, 2.24) is 14.5 Å². The van der Waals surface area contributed by atoms with Crippen molar-refractivity contribution >= 4 is 11.0 Å². The zero-order chi connectivity index (χ0) is 15.0. The smallest absolute Gasteiger partial charge is 0.272 e. The molecule has 0 bridgehead atoms. The molecule has 0 radical (unpaired) electrons. The highest BCUT2D eigenvalue weighted by molar-refractivity contribution is 5.74. The van der Waals surface area contributed by atoms with Gasteiger partial charge in [0.15, 0.2) is 0 Å². The molecule has 1 aliphatic rings. The van der Waals surface area contributed by atoms with Gasteiger partial charge in [-0.2, -0.15) is 0 Å². The van der Waals surface area contributed by atoms with Gasteiger partial charge in [-0.3, -0.25) is 4.79 Å². The number of rotatable bonds is 3. The average molecular weight is 285 g/mol. The van der Waals surface area contributed by atoms with Gasteiger partial charge in [0.2, 0.25) is 0 Å². The molecule has 1 atom stereocenters. The second kappa shape index (κ2) is 5.60. The predicted octanol–water partition coefficient (Wildman–Crippen LogP) is 2.44. The van der Waals surface area contributed by atoms with Gasteiger partial charge in [-0.05, 0) is 51.8 Å². The SMILES string of the molecule is Cc1nc2ccccc2n(CC2CCN(C(C)C)C2)c1=O. The van der Waals surface area contributed by atoms with Crippen molar-refractivity contribution < 1.29 is 0 Å². The summed E-state index contributed by atoms with van der Waals surface area (Å²) in [6, 6.07) is 8.51. The van der Waals surface area contributed by atoms with Gasteiger partial charge in [-0.25, -0.2) is 4.98 Å². The summed E-state index contributed by atoms with van der Waals surface area (Å²) in [5.74, 6) is 0.551. The quantitative estimate of drug-likeness (QED) is 0.869. The molecule has 0 N–H and O–H groups in total. The third kappa shape index (κ3) is 2.72. The van der Waals surface area contributed by atoms with E-state index >= 15 is 0 Å². The van der Waals surface area contributed by atoms with Crippen LogP contribution in [0.25, 0.3) is 11.0 Å². The first-order chi connectivity index (χ1) is 10.1. The van der Waals surface area contributed by atoms with E-state index in [9.17, 15) is 4.79 Å². The lowest BCUT2D eigenvalue weighted by Crippen LogP contribution is -2.31. The maximum absolute atomic E-state index is 12.5. The number of para-hydroxylation sites is 2. The van der Waals surface area contributed by atoms with E-state index in [0.717, 1.165) is 30.7 Å². The Hall–Kier alpha value is -1.68. The Labute approximate surface area is 125 Å². The second-order valence-electron chi connectivity index (χ2n) is 6.35. The largest absolute Gasteiger partial charge is 0.305 e. The maximum atomic E-state index is 12.5. The van der Waals surface area contributed by atoms with Crippen molar-refractivity contribution in [3.8, 4) is 0 Å². The van der Waals surface area contributed by atoms with Gasteiger partial charge in [-0.1, -0.05) is 12.1 Å². The molecule has 2 heterocycles. The van der Waals surface area contributed by atoms with Crippen LogP contribution >= 0.6 is 0 Å². The second-order valence-corrected chi connectivity index (χ2v) is 6.35. The molecule has 1 aliphatic heterocycles. The summed E-state index contributed by atoms with van der Waals surface area (Å²) in [7, 11) is 0. The Morgan fingerprint density at radius 3 is 2.81 bits per heavy atom. The Morgan fingerprint density at radius 1 is 1.33 bits per heavy atom. The Kier molecular flexibility index (Phi) is 3.81. The van der Waals surface area contributed by atoms with Gasteiger partial charge in [0.25, 0.3) is 5.56 Å². The van der Waals surface area contributed by atoms with Crippen molar-refractivity contribution in [3.05, 3.63) is 40.3 Å². The number of aryl methyl sites for hydroxylation is 1. The van der Waals surface area contributed by atoms with Crippen molar-refractivity contribution in [1.29, 1.82) is 0 Å². The molecule has 4 heteroatoms. The van der Waals surface area contributed by atoms with Crippen LogP contribution < -0.4 is 5.56 Å². The Balaban J connectivity index is 1.94. The number of fused-ring (bicyclic) bond motifs is 1. The molecule has 0 amide bonds. The Morgan fingerprint density at radius 2 is 2.10 bits per heavy atom. The Bertz CT molecular complexity index is 705. The summed E-state index contributed by atoms with van der Waals surface area (Å²) in [5, 5.41) is 0. The van der Waals surface area contributed by atoms with Crippen molar-refractivity contribution in [3.63, 3.8) is 0 Å². The predicted molar refractivity (Wildman–Crippen MR) is 85.6 cm³/mol. The van der Waals surface area contributed by atoms with Crippen molar-refractivity contribution in [2.45, 2.75) is 39.8 Å². The number of aromatic nitrogens is 2. The maximum Gasteiger partial charge on any atom is 0.272 e. The number of likely N-dealkylation sites (tertiary alicyclic amines) is 1. The van der Waals surface area contributed by atoms with E-state index in [1.165, 1.54) is 6.42 Å². The van der Waals surface area contributed by atoms with E-state index in [-0.39, 0.29) is 5.56 Å². The molecule has 2 aromatic rings. The fraction of sp³-hybridized carbons (Fsp3) is 0.529. The molecule has 0 aliphatic carbocycles. The molecule has 1 saturated heterocycles. The summed E-state index contributed by atoms with van der Waals surface area (Å²) >= 11 is 0. The standard InChI is InChI=1S/C17H23N3O/c1-12(2)19-9-8-14(10-19)11-20-16-7-5-4-6-15(16)18-13(3)17(20)21/h4-7,12,14H,8-11H2,1-3H3. The summed E-state index contributed by atoms with van der Waals surface area (Å²) in [4.78, 5) is 19.4. The molecular weight excluding hydrogens is 262 g/mol. The van der Waals surface area contributed by atoms with Crippen LogP contribution in [-0.2, 0) is 6.54 Å².